The number of nitrogens with zero attached hydrogens (tertiary/aromatic N) is 5. The second kappa shape index (κ2) is 17.3. The number of benzene rings is 3. The minimum Gasteiger partial charge on any atom is -0.543 e. The van der Waals surface area contributed by atoms with Gasteiger partial charge >= 0.3 is 0 Å². The van der Waals surface area contributed by atoms with Gasteiger partial charge in [-0.15, -0.1) is 11.8 Å². The van der Waals surface area contributed by atoms with Crippen molar-refractivity contribution < 1.29 is 38.0 Å². The first-order valence-corrected chi connectivity index (χ1v) is 19.4. The highest BCUT2D eigenvalue weighted by molar-refractivity contribution is 8.00. The van der Waals surface area contributed by atoms with Crippen LogP contribution in [0.2, 0.25) is 0 Å². The number of aromatic nitrogens is 2. The number of nitrogens with two attached hydrogens (primary N) is 1. The van der Waals surface area contributed by atoms with Gasteiger partial charge in [0.25, 0.3) is 24.6 Å². The third-order valence-electron chi connectivity index (χ3n) is 9.62. The van der Waals surface area contributed by atoms with Crippen molar-refractivity contribution in [3.8, 4) is 0 Å². The molecular formula is C39H39FN8O6S2. The van der Waals surface area contributed by atoms with Gasteiger partial charge in [0.1, 0.15) is 17.0 Å². The second-order valence-electron chi connectivity index (χ2n) is 13.2. The number of anilines is 1. The molecule has 14 nitrogen and oxygen atoms in total. The Morgan fingerprint density at radius 3 is 2.16 bits per heavy atom. The summed E-state index contributed by atoms with van der Waals surface area (Å²) in [6.07, 6.45) is 3.33. The third kappa shape index (κ3) is 8.19. The molecule has 3 atom stereocenters. The van der Waals surface area contributed by atoms with E-state index >= 15 is 0 Å². The Balaban J connectivity index is 1.24. The second-order valence-corrected chi connectivity index (χ2v) is 15.1. The Morgan fingerprint density at radius 2 is 1.64 bits per heavy atom. The largest absolute Gasteiger partial charge is 0.543 e. The number of carbonyl (C=O) groups excluding carboxylic acids is 4. The first-order chi connectivity index (χ1) is 27.0. The van der Waals surface area contributed by atoms with Crippen LogP contribution in [-0.4, -0.2) is 98.9 Å². The van der Waals surface area contributed by atoms with Crippen LogP contribution in [0, 0.1) is 0 Å². The summed E-state index contributed by atoms with van der Waals surface area (Å²) >= 11 is 2.18. The SMILES string of the molecule is CC[N+](C)(C/C=C/C1=C(C(=O)[O-])N2C(=O)[C@@H](NC(=O)/C(=N\OCF)c3nsc(NC(c4ccccc4)(c4ccccc4)c4ccccc4)n3)[C@H]2SC1)CC(N)=O. The van der Waals surface area contributed by atoms with E-state index in [1.54, 1.807) is 12.2 Å². The molecule has 17 heteroatoms. The van der Waals surface area contributed by atoms with E-state index in [1.165, 1.54) is 11.8 Å². The fourth-order valence-electron chi connectivity index (χ4n) is 6.69. The van der Waals surface area contributed by atoms with Crippen molar-refractivity contribution in [2.24, 2.45) is 10.9 Å². The molecule has 290 valence electrons. The number of quaternary nitrogens is 1. The number of nitrogens with one attached hydrogen (secondary N) is 2. The van der Waals surface area contributed by atoms with Gasteiger partial charge < -0.3 is 35.6 Å². The number of alkyl halides is 1. The minimum atomic E-state index is -1.55. The molecule has 0 bridgehead atoms. The molecule has 3 heterocycles. The van der Waals surface area contributed by atoms with Gasteiger partial charge in [-0.25, -0.2) is 4.39 Å². The maximum atomic E-state index is 13.7. The van der Waals surface area contributed by atoms with Crippen molar-refractivity contribution in [2.75, 3.05) is 44.6 Å². The molecular weight excluding hydrogens is 760 g/mol. The Kier molecular flexibility index (Phi) is 12.3. The quantitative estimate of drug-likeness (QED) is 0.0470. The van der Waals surface area contributed by atoms with Crippen LogP contribution in [0.25, 0.3) is 0 Å². The maximum absolute atomic E-state index is 13.7. The monoisotopic (exact) mass is 798 g/mol. The van der Waals surface area contributed by atoms with Crippen molar-refractivity contribution in [1.29, 1.82) is 0 Å². The number of oxime groups is 1. The molecule has 0 saturated carbocycles. The smallest absolute Gasteiger partial charge is 0.278 e. The molecule has 0 spiro atoms. The lowest BCUT2D eigenvalue weighted by atomic mass is 9.77. The van der Waals surface area contributed by atoms with Gasteiger partial charge in [0.05, 0.1) is 31.8 Å². The van der Waals surface area contributed by atoms with Gasteiger partial charge in [0.2, 0.25) is 16.7 Å². The molecule has 0 aliphatic carbocycles. The number of primary amides is 1. The molecule has 0 radical (unpaired) electrons. The average molecular weight is 799 g/mol. The molecule has 6 rings (SSSR count). The summed E-state index contributed by atoms with van der Waals surface area (Å²) in [5, 5.41) is 21.7. The predicted molar refractivity (Wildman–Crippen MR) is 208 cm³/mol. The van der Waals surface area contributed by atoms with Gasteiger partial charge in [-0.1, -0.05) is 102 Å². The van der Waals surface area contributed by atoms with Crippen LogP contribution in [0.5, 0.6) is 0 Å². The fourth-order valence-corrected chi connectivity index (χ4v) is 8.63. The molecule has 4 N–H and O–H groups in total. The standard InChI is InChI=1S/C39H39FN8O6S2/c1-3-48(2,22-29(41)49)21-13-14-25-23-55-36-31(35(51)47(36)32(25)37(52)53)42-34(50)30(45-54-24-40)33-43-38(56-46-33)44-39(26-15-7-4-8-16-26,27-17-9-5-10-18-27)28-19-11-6-12-20-28/h4-20,31,36H,3,21-24H2,1-2H3,(H4-,41,42,43,44,46,49,50,52,53)/b14-13+,45-30-/t31-,36-,48?/m1/s1. The van der Waals surface area contributed by atoms with E-state index in [-0.39, 0.29) is 23.8 Å². The number of fused-ring (bicyclic) bond motifs is 1. The van der Waals surface area contributed by atoms with Crippen molar-refractivity contribution in [3.63, 3.8) is 0 Å². The van der Waals surface area contributed by atoms with Crippen LogP contribution < -0.4 is 21.5 Å². The number of β-lactam (4-membered cyclic amide) rings is 1. The molecule has 2 aliphatic rings. The molecule has 56 heavy (non-hydrogen) atoms. The van der Waals surface area contributed by atoms with Crippen LogP contribution >= 0.6 is 23.3 Å². The number of carbonyl (C=O) groups is 4. The van der Waals surface area contributed by atoms with Crippen LogP contribution in [-0.2, 0) is 29.6 Å². The van der Waals surface area contributed by atoms with Crippen LogP contribution in [0.4, 0.5) is 9.52 Å². The maximum Gasteiger partial charge on any atom is 0.278 e. The van der Waals surface area contributed by atoms with Crippen LogP contribution in [0.1, 0.15) is 29.4 Å². The highest BCUT2D eigenvalue weighted by atomic mass is 32.2. The summed E-state index contributed by atoms with van der Waals surface area (Å²) in [4.78, 5) is 61.4. The molecule has 1 saturated heterocycles. The van der Waals surface area contributed by atoms with Gasteiger partial charge in [0.15, 0.2) is 6.54 Å². The third-order valence-corrected chi connectivity index (χ3v) is 11.5. The number of carboxylic acid groups (broad SMARTS) is 1. The number of hydrogen-bond donors (Lipinski definition) is 3. The number of carboxylic acids is 1. The Morgan fingerprint density at radius 1 is 1.05 bits per heavy atom. The van der Waals surface area contributed by atoms with Crippen LogP contribution in [0.3, 0.4) is 0 Å². The molecule has 1 fully saturated rings. The van der Waals surface area contributed by atoms with E-state index < -0.39 is 53.2 Å². The highest BCUT2D eigenvalue weighted by Gasteiger charge is 2.53. The first-order valence-electron chi connectivity index (χ1n) is 17.5. The molecule has 3 amide bonds. The minimum absolute atomic E-state index is 0.0990. The van der Waals surface area contributed by atoms with E-state index in [4.69, 9.17) is 5.73 Å². The number of aliphatic carboxylic acids is 1. The van der Waals surface area contributed by atoms with Gasteiger partial charge in [-0.05, 0) is 35.3 Å². The van der Waals surface area contributed by atoms with Crippen molar-refractivity contribution in [3.05, 3.63) is 137 Å². The average Bonchev–Trinajstić information content (AvgIpc) is 3.67. The molecule has 1 unspecified atom stereocenters. The molecule has 1 aromatic heterocycles. The molecule has 3 aromatic carbocycles. The zero-order valence-corrected chi connectivity index (χ0v) is 32.1. The van der Waals surface area contributed by atoms with E-state index in [0.29, 0.717) is 28.3 Å². The topological polar surface area (TPSA) is 192 Å². The molecule has 4 aromatic rings. The fraction of sp³-hybridized carbons (Fsp3) is 0.256. The highest BCUT2D eigenvalue weighted by Crippen LogP contribution is 2.42. The number of thioether (sulfide) groups is 1. The van der Waals surface area contributed by atoms with E-state index in [9.17, 15) is 28.7 Å². The summed E-state index contributed by atoms with van der Waals surface area (Å²) in [7, 11) is 1.85. The number of amides is 3. The molecule has 2 aliphatic heterocycles. The number of rotatable bonds is 17. The number of halogens is 1. The Bertz CT molecular complexity index is 2070. The van der Waals surface area contributed by atoms with Crippen molar-refractivity contribution in [1.82, 2.24) is 19.6 Å². The number of allylic oxidation sites excluding steroid dienone is 1. The van der Waals surface area contributed by atoms with E-state index in [2.05, 4.69) is 30.0 Å². The van der Waals surface area contributed by atoms with Crippen LogP contribution in [0.15, 0.2) is 120 Å². The normalized spacial score (nSPS) is 18.2. The van der Waals surface area contributed by atoms with E-state index in [1.807, 2.05) is 105 Å². The lowest BCUT2D eigenvalue weighted by Crippen LogP contribution is -2.71. The summed E-state index contributed by atoms with van der Waals surface area (Å²) in [6.45, 7) is 1.65. The summed E-state index contributed by atoms with van der Waals surface area (Å²) < 4.78 is 17.9. The van der Waals surface area contributed by atoms with Gasteiger partial charge in [-0.2, -0.15) is 9.36 Å². The summed E-state index contributed by atoms with van der Waals surface area (Å²) in [5.41, 5.74) is 6.65. The van der Waals surface area contributed by atoms with Gasteiger partial charge in [0, 0.05) is 17.3 Å². The zero-order valence-electron chi connectivity index (χ0n) is 30.5. The number of hydrogen-bond acceptors (Lipinski definition) is 12. The van der Waals surface area contributed by atoms with Crippen molar-refractivity contribution in [2.45, 2.75) is 23.9 Å². The predicted octanol–water partition coefficient (Wildman–Crippen LogP) is 2.50. The first kappa shape index (κ1) is 39.8. The Hall–Kier alpha value is -5.91. The summed E-state index contributed by atoms with van der Waals surface area (Å²) in [5.74, 6) is -3.65. The summed E-state index contributed by atoms with van der Waals surface area (Å²) in [6, 6.07) is 28.1. The van der Waals surface area contributed by atoms with E-state index in [0.717, 1.165) is 33.1 Å². The lowest BCUT2D eigenvalue weighted by molar-refractivity contribution is -0.894. The number of likely N-dealkylation sites (N-methyl/N-ethyl adjacent to an activating group) is 1. The lowest BCUT2D eigenvalue weighted by Gasteiger charge is -2.50. The Labute approximate surface area is 330 Å². The zero-order chi connectivity index (χ0) is 39.9. The van der Waals surface area contributed by atoms with Gasteiger partial charge in [-0.3, -0.25) is 19.3 Å². The van der Waals surface area contributed by atoms with Crippen molar-refractivity contribution >= 4 is 57.8 Å².